The van der Waals surface area contributed by atoms with Gasteiger partial charge in [-0.2, -0.15) is 11.8 Å². The van der Waals surface area contributed by atoms with Gasteiger partial charge >= 0.3 is 0 Å². The summed E-state index contributed by atoms with van der Waals surface area (Å²) in [5, 5.41) is 3.78. The zero-order chi connectivity index (χ0) is 14.6. The fourth-order valence-electron chi connectivity index (χ4n) is 2.75. The summed E-state index contributed by atoms with van der Waals surface area (Å²) < 4.78 is 0.364. The summed E-state index contributed by atoms with van der Waals surface area (Å²) in [5.74, 6) is 2.85. The number of rotatable bonds is 7. The third kappa shape index (κ3) is 4.82. The highest BCUT2D eigenvalue weighted by molar-refractivity contribution is 8.00. The second kappa shape index (κ2) is 7.00. The smallest absolute Gasteiger partial charge is 0.0192 e. The Morgan fingerprint density at radius 1 is 1.25 bits per heavy atom. The molecular formula is C18H29NS. The van der Waals surface area contributed by atoms with Gasteiger partial charge in [0.05, 0.1) is 0 Å². The summed E-state index contributed by atoms with van der Waals surface area (Å²) >= 11 is 2.10. The first-order valence-corrected chi connectivity index (χ1v) is 8.92. The van der Waals surface area contributed by atoms with E-state index in [-0.39, 0.29) is 0 Å². The van der Waals surface area contributed by atoms with Gasteiger partial charge in [-0.3, -0.25) is 0 Å². The van der Waals surface area contributed by atoms with Crippen LogP contribution in [0.25, 0.3) is 0 Å². The Kier molecular flexibility index (Phi) is 5.57. The van der Waals surface area contributed by atoms with E-state index in [4.69, 9.17) is 0 Å². The highest BCUT2D eigenvalue weighted by atomic mass is 32.2. The lowest BCUT2D eigenvalue weighted by atomic mass is 10.1. The van der Waals surface area contributed by atoms with Crippen LogP contribution in [-0.4, -0.2) is 23.1 Å². The monoisotopic (exact) mass is 291 g/mol. The SMILES string of the molecule is CCCNC(CSC(C)(C)C)C1CC1c1ccccc1. The van der Waals surface area contributed by atoms with E-state index < -0.39 is 0 Å². The van der Waals surface area contributed by atoms with E-state index in [1.807, 2.05) is 0 Å². The Hall–Kier alpha value is -0.470. The minimum atomic E-state index is 0.364. The molecule has 20 heavy (non-hydrogen) atoms. The average molecular weight is 292 g/mol. The standard InChI is InChI=1S/C18H29NS/c1-5-11-19-17(13-20-18(2,3)4)16-12-15(16)14-9-7-6-8-10-14/h6-10,15-17,19H,5,11-13H2,1-4H3. The van der Waals surface area contributed by atoms with Crippen LogP contribution in [0.5, 0.6) is 0 Å². The third-order valence-electron chi connectivity index (χ3n) is 3.94. The van der Waals surface area contributed by atoms with Gasteiger partial charge in [-0.15, -0.1) is 0 Å². The molecule has 0 heterocycles. The van der Waals surface area contributed by atoms with Gasteiger partial charge in [0, 0.05) is 16.5 Å². The molecular weight excluding hydrogens is 262 g/mol. The van der Waals surface area contributed by atoms with Crippen molar-refractivity contribution in [1.29, 1.82) is 0 Å². The molecule has 1 aliphatic carbocycles. The molecule has 1 saturated carbocycles. The van der Waals surface area contributed by atoms with Gasteiger partial charge in [0.1, 0.15) is 0 Å². The molecule has 1 aromatic carbocycles. The van der Waals surface area contributed by atoms with Crippen LogP contribution in [0.2, 0.25) is 0 Å². The van der Waals surface area contributed by atoms with Gasteiger partial charge in [-0.25, -0.2) is 0 Å². The second-order valence-corrected chi connectivity index (χ2v) is 8.75. The Morgan fingerprint density at radius 3 is 2.55 bits per heavy atom. The molecule has 1 aliphatic rings. The maximum Gasteiger partial charge on any atom is 0.0192 e. The normalized spacial score (nSPS) is 23.6. The van der Waals surface area contributed by atoms with Gasteiger partial charge in [-0.1, -0.05) is 58.0 Å². The number of hydrogen-bond donors (Lipinski definition) is 1. The molecule has 1 nitrogen and oxygen atoms in total. The van der Waals surface area contributed by atoms with E-state index in [0.29, 0.717) is 10.8 Å². The van der Waals surface area contributed by atoms with Crippen molar-refractivity contribution < 1.29 is 0 Å². The molecule has 3 unspecified atom stereocenters. The Balaban J connectivity index is 1.91. The van der Waals surface area contributed by atoms with Crippen LogP contribution in [0.1, 0.15) is 52.0 Å². The summed E-state index contributed by atoms with van der Waals surface area (Å²) in [6.45, 7) is 10.3. The molecule has 0 aromatic heterocycles. The Bertz CT molecular complexity index is 396. The van der Waals surface area contributed by atoms with Crippen molar-refractivity contribution in [3.63, 3.8) is 0 Å². The second-order valence-electron chi connectivity index (χ2n) is 6.90. The van der Waals surface area contributed by atoms with Crippen molar-refractivity contribution in [3.8, 4) is 0 Å². The van der Waals surface area contributed by atoms with Crippen LogP contribution in [0, 0.1) is 5.92 Å². The van der Waals surface area contributed by atoms with E-state index in [2.05, 4.69) is 75.1 Å². The molecule has 1 N–H and O–H groups in total. The van der Waals surface area contributed by atoms with E-state index in [9.17, 15) is 0 Å². The maximum absolute atomic E-state index is 3.78. The Morgan fingerprint density at radius 2 is 1.95 bits per heavy atom. The van der Waals surface area contributed by atoms with Crippen molar-refractivity contribution in [2.45, 2.75) is 57.2 Å². The van der Waals surface area contributed by atoms with Crippen LogP contribution >= 0.6 is 11.8 Å². The molecule has 1 fully saturated rings. The van der Waals surface area contributed by atoms with Crippen molar-refractivity contribution >= 4 is 11.8 Å². The van der Waals surface area contributed by atoms with Crippen LogP contribution in [0.3, 0.4) is 0 Å². The molecule has 0 amide bonds. The highest BCUT2D eigenvalue weighted by Gasteiger charge is 2.43. The summed E-state index contributed by atoms with van der Waals surface area (Å²) in [4.78, 5) is 0. The van der Waals surface area contributed by atoms with Crippen LogP contribution in [0.15, 0.2) is 30.3 Å². The summed E-state index contributed by atoms with van der Waals surface area (Å²) in [6.07, 6.45) is 2.58. The minimum Gasteiger partial charge on any atom is -0.313 e. The first-order chi connectivity index (χ1) is 9.51. The minimum absolute atomic E-state index is 0.364. The molecule has 112 valence electrons. The summed E-state index contributed by atoms with van der Waals surface area (Å²) in [5.41, 5.74) is 1.53. The summed E-state index contributed by atoms with van der Waals surface area (Å²) in [7, 11) is 0. The zero-order valence-electron chi connectivity index (χ0n) is 13.4. The lowest BCUT2D eigenvalue weighted by Crippen LogP contribution is -2.35. The fraction of sp³-hybridized carbons (Fsp3) is 0.667. The molecule has 1 aromatic rings. The molecule has 0 spiro atoms. The average Bonchev–Trinajstić information content (AvgIpc) is 3.19. The van der Waals surface area contributed by atoms with E-state index >= 15 is 0 Å². The lowest BCUT2D eigenvalue weighted by molar-refractivity contribution is 0.493. The fourth-order valence-corrected chi connectivity index (χ4v) is 3.79. The van der Waals surface area contributed by atoms with Gasteiger partial charge < -0.3 is 5.32 Å². The van der Waals surface area contributed by atoms with Crippen molar-refractivity contribution in [3.05, 3.63) is 35.9 Å². The molecule has 2 heteroatoms. The number of benzene rings is 1. The predicted molar refractivity (Wildman–Crippen MR) is 91.6 cm³/mol. The van der Waals surface area contributed by atoms with Crippen LogP contribution < -0.4 is 5.32 Å². The molecule has 0 aliphatic heterocycles. The van der Waals surface area contributed by atoms with Crippen molar-refractivity contribution in [2.75, 3.05) is 12.3 Å². The van der Waals surface area contributed by atoms with Crippen LogP contribution in [-0.2, 0) is 0 Å². The number of thioether (sulfide) groups is 1. The van der Waals surface area contributed by atoms with Gasteiger partial charge in [0.2, 0.25) is 0 Å². The van der Waals surface area contributed by atoms with Crippen molar-refractivity contribution in [1.82, 2.24) is 5.32 Å². The highest BCUT2D eigenvalue weighted by Crippen LogP contribution is 2.50. The topological polar surface area (TPSA) is 12.0 Å². The Labute approximate surface area is 128 Å². The molecule has 0 saturated heterocycles. The van der Waals surface area contributed by atoms with E-state index in [1.54, 1.807) is 0 Å². The van der Waals surface area contributed by atoms with E-state index in [1.165, 1.54) is 24.2 Å². The largest absolute Gasteiger partial charge is 0.313 e. The van der Waals surface area contributed by atoms with E-state index in [0.717, 1.165) is 18.4 Å². The summed E-state index contributed by atoms with van der Waals surface area (Å²) in [6, 6.07) is 11.7. The molecule has 0 radical (unpaired) electrons. The van der Waals surface area contributed by atoms with Crippen LogP contribution in [0.4, 0.5) is 0 Å². The molecule has 2 rings (SSSR count). The number of hydrogen-bond acceptors (Lipinski definition) is 2. The lowest BCUT2D eigenvalue weighted by Gasteiger charge is -2.24. The number of nitrogens with one attached hydrogen (secondary N) is 1. The molecule has 0 bridgehead atoms. The quantitative estimate of drug-likeness (QED) is 0.782. The third-order valence-corrected chi connectivity index (χ3v) is 5.33. The maximum atomic E-state index is 3.78. The molecule has 3 atom stereocenters. The predicted octanol–water partition coefficient (Wildman–Crippen LogP) is 4.69. The van der Waals surface area contributed by atoms with Gasteiger partial charge in [0.25, 0.3) is 0 Å². The first-order valence-electron chi connectivity index (χ1n) is 7.93. The van der Waals surface area contributed by atoms with Gasteiger partial charge in [-0.05, 0) is 36.8 Å². The van der Waals surface area contributed by atoms with Crippen molar-refractivity contribution in [2.24, 2.45) is 5.92 Å². The zero-order valence-corrected chi connectivity index (χ0v) is 14.2. The first kappa shape index (κ1) is 15.9. The van der Waals surface area contributed by atoms with Gasteiger partial charge in [0.15, 0.2) is 0 Å².